The van der Waals surface area contributed by atoms with Crippen molar-refractivity contribution in [2.24, 2.45) is 0 Å². The number of hydrogen-bond donors (Lipinski definition) is 1. The summed E-state index contributed by atoms with van der Waals surface area (Å²) in [4.78, 5) is 29.9. The molecule has 2 atom stereocenters. The van der Waals surface area contributed by atoms with E-state index in [4.69, 9.17) is 16.3 Å². The third kappa shape index (κ3) is 8.89. The number of sulfonamides is 1. The number of methoxy groups -OCH3 is 1. The highest BCUT2D eigenvalue weighted by molar-refractivity contribution is 7.92. The van der Waals surface area contributed by atoms with E-state index in [-0.39, 0.29) is 35.5 Å². The monoisotopic (exact) mass is 661 g/mol. The van der Waals surface area contributed by atoms with E-state index in [1.165, 1.54) is 30.2 Å². The highest BCUT2D eigenvalue weighted by atomic mass is 35.5. The maximum Gasteiger partial charge on any atom is 0.264 e. The van der Waals surface area contributed by atoms with Gasteiger partial charge >= 0.3 is 0 Å². The molecule has 0 saturated carbocycles. The summed E-state index contributed by atoms with van der Waals surface area (Å²) in [6.45, 7) is 5.38. The van der Waals surface area contributed by atoms with Crippen LogP contribution in [0.4, 0.5) is 5.69 Å². The third-order valence-electron chi connectivity index (χ3n) is 7.77. The van der Waals surface area contributed by atoms with E-state index in [1.54, 1.807) is 30.3 Å². The molecule has 0 radical (unpaired) electrons. The largest absolute Gasteiger partial charge is 0.497 e. The molecule has 4 rings (SSSR count). The van der Waals surface area contributed by atoms with Crippen LogP contribution in [0.25, 0.3) is 0 Å². The molecule has 46 heavy (non-hydrogen) atoms. The van der Waals surface area contributed by atoms with Crippen molar-refractivity contribution in [2.75, 3.05) is 18.0 Å². The highest BCUT2D eigenvalue weighted by Crippen LogP contribution is 2.28. The smallest absolute Gasteiger partial charge is 0.264 e. The van der Waals surface area contributed by atoms with Gasteiger partial charge in [-0.05, 0) is 73.9 Å². The first-order valence-electron chi connectivity index (χ1n) is 15.1. The predicted molar refractivity (Wildman–Crippen MR) is 183 cm³/mol. The van der Waals surface area contributed by atoms with Gasteiger partial charge in [-0.15, -0.1) is 0 Å². The van der Waals surface area contributed by atoms with Crippen LogP contribution in [0.5, 0.6) is 5.75 Å². The van der Waals surface area contributed by atoms with Crippen molar-refractivity contribution in [2.45, 2.75) is 57.1 Å². The molecule has 0 fully saturated rings. The predicted octanol–water partition coefficient (Wildman–Crippen LogP) is 6.41. The van der Waals surface area contributed by atoms with Crippen molar-refractivity contribution in [1.82, 2.24) is 10.2 Å². The van der Waals surface area contributed by atoms with E-state index < -0.39 is 28.5 Å². The Balaban J connectivity index is 1.80. The number of anilines is 1. The fourth-order valence-corrected chi connectivity index (χ4v) is 6.51. The summed E-state index contributed by atoms with van der Waals surface area (Å²) in [5, 5.41) is 3.36. The van der Waals surface area contributed by atoms with Crippen molar-refractivity contribution >= 4 is 39.1 Å². The van der Waals surface area contributed by atoms with Gasteiger partial charge in [0.25, 0.3) is 10.0 Å². The molecule has 0 spiro atoms. The standard InChI is InChI=1S/C36H40ClN3O5S/c1-5-27(3)38-36(42)34(22-28-10-7-6-8-11-28)39(24-29-16-14-26(2)15-17-29)35(41)25-40(31-13-9-12-30(37)23-31)46(43,44)33-20-18-32(45-4)19-21-33/h6-21,23,27,34H,5,22,24-25H2,1-4H3,(H,38,42). The molecule has 10 heteroatoms. The number of aryl methyl sites for hydroxylation is 1. The van der Waals surface area contributed by atoms with Crippen LogP contribution in [-0.4, -0.2) is 50.9 Å². The topological polar surface area (TPSA) is 96.0 Å². The maximum atomic E-state index is 14.5. The van der Waals surface area contributed by atoms with Crippen LogP contribution in [0.1, 0.15) is 37.0 Å². The van der Waals surface area contributed by atoms with Gasteiger partial charge in [-0.3, -0.25) is 13.9 Å². The first kappa shape index (κ1) is 34.5. The minimum atomic E-state index is -4.26. The number of nitrogens with zero attached hydrogens (tertiary/aromatic N) is 2. The Morgan fingerprint density at radius 1 is 0.891 bits per heavy atom. The zero-order valence-corrected chi connectivity index (χ0v) is 28.1. The Kier molecular flexibility index (Phi) is 11.8. The van der Waals surface area contributed by atoms with Gasteiger partial charge in [0.1, 0.15) is 18.3 Å². The number of halogens is 1. The summed E-state index contributed by atoms with van der Waals surface area (Å²) in [6, 6.07) is 28.4. The number of ether oxygens (including phenoxy) is 1. The number of hydrogen-bond acceptors (Lipinski definition) is 5. The summed E-state index contributed by atoms with van der Waals surface area (Å²) in [5.41, 5.74) is 2.94. The number of nitrogens with one attached hydrogen (secondary N) is 1. The van der Waals surface area contributed by atoms with E-state index in [0.29, 0.717) is 17.2 Å². The number of benzene rings is 4. The van der Waals surface area contributed by atoms with Gasteiger partial charge in [0.15, 0.2) is 0 Å². The van der Waals surface area contributed by atoms with Crippen LogP contribution in [0.3, 0.4) is 0 Å². The molecule has 2 unspecified atom stereocenters. The Labute approximate surface area is 277 Å². The number of carbonyl (C=O) groups is 2. The quantitative estimate of drug-likeness (QED) is 0.169. The zero-order chi connectivity index (χ0) is 33.3. The van der Waals surface area contributed by atoms with Gasteiger partial charge < -0.3 is 15.0 Å². The molecular weight excluding hydrogens is 622 g/mol. The van der Waals surface area contributed by atoms with E-state index in [2.05, 4.69) is 5.32 Å². The van der Waals surface area contributed by atoms with Crippen molar-refractivity contribution in [1.29, 1.82) is 0 Å². The maximum absolute atomic E-state index is 14.5. The molecule has 0 aliphatic heterocycles. The van der Waals surface area contributed by atoms with Gasteiger partial charge in [0.2, 0.25) is 11.8 Å². The second-order valence-electron chi connectivity index (χ2n) is 11.2. The Morgan fingerprint density at radius 3 is 2.17 bits per heavy atom. The number of amides is 2. The van der Waals surface area contributed by atoms with E-state index in [0.717, 1.165) is 21.0 Å². The molecule has 0 aromatic heterocycles. The summed E-state index contributed by atoms with van der Waals surface area (Å²) < 4.78 is 34.6. The molecule has 0 aliphatic carbocycles. The highest BCUT2D eigenvalue weighted by Gasteiger charge is 2.35. The van der Waals surface area contributed by atoms with E-state index in [9.17, 15) is 18.0 Å². The Morgan fingerprint density at radius 2 is 1.57 bits per heavy atom. The Hall–Kier alpha value is -4.34. The minimum absolute atomic E-state index is 0.0264. The molecule has 0 saturated heterocycles. The van der Waals surface area contributed by atoms with Crippen LogP contribution in [0.15, 0.2) is 108 Å². The number of rotatable bonds is 14. The van der Waals surface area contributed by atoms with Crippen molar-refractivity contribution < 1.29 is 22.7 Å². The van der Waals surface area contributed by atoms with Gasteiger partial charge in [0, 0.05) is 24.0 Å². The normalized spacial score (nSPS) is 12.5. The Bertz CT molecular complexity index is 1720. The molecule has 8 nitrogen and oxygen atoms in total. The van der Waals surface area contributed by atoms with Gasteiger partial charge in [-0.1, -0.05) is 84.8 Å². The average molecular weight is 662 g/mol. The average Bonchev–Trinajstić information content (AvgIpc) is 3.06. The van der Waals surface area contributed by atoms with Crippen LogP contribution >= 0.6 is 11.6 Å². The van der Waals surface area contributed by atoms with Crippen LogP contribution < -0.4 is 14.4 Å². The van der Waals surface area contributed by atoms with Crippen LogP contribution in [-0.2, 0) is 32.6 Å². The summed E-state index contributed by atoms with van der Waals surface area (Å²) in [5.74, 6) is -0.367. The fraction of sp³-hybridized carbons (Fsp3) is 0.278. The first-order valence-corrected chi connectivity index (χ1v) is 16.9. The first-order chi connectivity index (χ1) is 22.0. The van der Waals surface area contributed by atoms with Gasteiger partial charge in [-0.2, -0.15) is 0 Å². The summed E-state index contributed by atoms with van der Waals surface area (Å²) in [7, 11) is -2.77. The lowest BCUT2D eigenvalue weighted by atomic mass is 10.0. The van der Waals surface area contributed by atoms with Gasteiger partial charge in [-0.25, -0.2) is 8.42 Å². The van der Waals surface area contributed by atoms with Crippen molar-refractivity contribution in [3.8, 4) is 5.75 Å². The second-order valence-corrected chi connectivity index (χ2v) is 13.5. The molecule has 4 aromatic rings. The lowest BCUT2D eigenvalue weighted by Gasteiger charge is -2.34. The second kappa shape index (κ2) is 15.8. The number of carbonyl (C=O) groups excluding carboxylic acids is 2. The van der Waals surface area contributed by atoms with E-state index in [1.807, 2.05) is 75.4 Å². The van der Waals surface area contributed by atoms with Crippen LogP contribution in [0, 0.1) is 6.92 Å². The third-order valence-corrected chi connectivity index (χ3v) is 9.79. The molecule has 0 heterocycles. The molecule has 1 N–H and O–H groups in total. The lowest BCUT2D eigenvalue weighted by Crippen LogP contribution is -2.54. The van der Waals surface area contributed by atoms with Crippen molar-refractivity contribution in [3.63, 3.8) is 0 Å². The minimum Gasteiger partial charge on any atom is -0.497 e. The SMILES string of the molecule is CCC(C)NC(=O)C(Cc1ccccc1)N(Cc1ccc(C)cc1)C(=O)CN(c1cccc(Cl)c1)S(=O)(=O)c1ccc(OC)cc1. The zero-order valence-electron chi connectivity index (χ0n) is 26.5. The molecular formula is C36H40ClN3O5S. The van der Waals surface area contributed by atoms with Gasteiger partial charge in [0.05, 0.1) is 17.7 Å². The molecule has 0 aliphatic rings. The van der Waals surface area contributed by atoms with Crippen molar-refractivity contribution in [3.05, 3.63) is 125 Å². The summed E-state index contributed by atoms with van der Waals surface area (Å²) >= 11 is 6.30. The summed E-state index contributed by atoms with van der Waals surface area (Å²) in [6.07, 6.45) is 0.946. The molecule has 4 aromatic carbocycles. The molecule has 2 amide bonds. The lowest BCUT2D eigenvalue weighted by molar-refractivity contribution is -0.140. The molecule has 0 bridgehead atoms. The van der Waals surface area contributed by atoms with E-state index >= 15 is 0 Å². The van der Waals surface area contributed by atoms with Crippen LogP contribution in [0.2, 0.25) is 5.02 Å². The fourth-order valence-electron chi connectivity index (χ4n) is 4.92. The molecule has 242 valence electrons.